The van der Waals surface area contributed by atoms with Crippen LogP contribution in [0.25, 0.3) is 22.5 Å². The number of carbonyl (C=O) groups is 1. The zero-order valence-electron chi connectivity index (χ0n) is 16.7. The number of carbonyl (C=O) groups excluding carboxylic acids is 1. The van der Waals surface area contributed by atoms with E-state index in [9.17, 15) is 4.79 Å². The monoisotopic (exact) mass is 429 g/mol. The van der Waals surface area contributed by atoms with Crippen LogP contribution in [0.1, 0.15) is 43.2 Å². The van der Waals surface area contributed by atoms with Crippen LogP contribution >= 0.6 is 23.2 Å². The van der Waals surface area contributed by atoms with Crippen LogP contribution in [0.4, 0.5) is 0 Å². The van der Waals surface area contributed by atoms with Crippen LogP contribution in [0.2, 0.25) is 10.0 Å². The van der Waals surface area contributed by atoms with Gasteiger partial charge in [0.2, 0.25) is 0 Å². The van der Waals surface area contributed by atoms with Crippen molar-refractivity contribution in [3.8, 4) is 22.5 Å². The van der Waals surface area contributed by atoms with Gasteiger partial charge in [0, 0.05) is 34.8 Å². The minimum absolute atomic E-state index is 0.167. The fourth-order valence-electron chi connectivity index (χ4n) is 3.28. The molecule has 0 bridgehead atoms. The number of nitrogens with zero attached hydrogens (tertiary/aromatic N) is 2. The third-order valence-electron chi connectivity index (χ3n) is 4.85. The fraction of sp³-hybridized carbons (Fsp3) is 0.304. The second-order valence-corrected chi connectivity index (χ2v) is 7.89. The number of halogens is 2. The highest BCUT2D eigenvalue weighted by molar-refractivity contribution is 6.31. The summed E-state index contributed by atoms with van der Waals surface area (Å²) in [5, 5.41) is 4.31. The Morgan fingerprint density at radius 1 is 0.931 bits per heavy atom. The summed E-state index contributed by atoms with van der Waals surface area (Å²) in [6.45, 7) is 2.82. The highest BCUT2D eigenvalue weighted by Crippen LogP contribution is 2.33. The van der Waals surface area contributed by atoms with E-state index in [4.69, 9.17) is 28.2 Å². The van der Waals surface area contributed by atoms with E-state index in [0.29, 0.717) is 22.4 Å². The molecule has 152 valence electrons. The molecule has 1 heterocycles. The second kappa shape index (κ2) is 9.95. The van der Waals surface area contributed by atoms with Crippen molar-refractivity contribution in [2.45, 2.75) is 32.6 Å². The van der Waals surface area contributed by atoms with Gasteiger partial charge in [-0.05, 0) is 30.7 Å². The Balaban J connectivity index is 1.96. The predicted octanol–water partition coefficient (Wildman–Crippen LogP) is 6.37. The molecule has 1 amide bonds. The van der Waals surface area contributed by atoms with E-state index in [1.54, 1.807) is 0 Å². The van der Waals surface area contributed by atoms with Gasteiger partial charge in [0.25, 0.3) is 5.91 Å². The van der Waals surface area contributed by atoms with Gasteiger partial charge < -0.3 is 9.88 Å². The Labute approximate surface area is 181 Å². The summed E-state index contributed by atoms with van der Waals surface area (Å²) in [5.74, 6) is 0.217. The maximum atomic E-state index is 12.8. The smallest absolute Gasteiger partial charge is 0.287 e. The van der Waals surface area contributed by atoms with Crippen LogP contribution in [0, 0.1) is 0 Å². The molecule has 0 saturated heterocycles. The van der Waals surface area contributed by atoms with Crippen molar-refractivity contribution in [2.75, 3.05) is 6.54 Å². The van der Waals surface area contributed by atoms with Crippen molar-refractivity contribution in [1.82, 2.24) is 14.9 Å². The highest BCUT2D eigenvalue weighted by Gasteiger charge is 2.22. The number of nitrogens with one attached hydrogen (secondary N) is 1. The zero-order chi connectivity index (χ0) is 20.8. The number of imidazole rings is 1. The van der Waals surface area contributed by atoms with Crippen molar-refractivity contribution < 1.29 is 4.79 Å². The average molecular weight is 430 g/mol. The van der Waals surface area contributed by atoms with Crippen molar-refractivity contribution in [3.63, 3.8) is 0 Å². The lowest BCUT2D eigenvalue weighted by Gasteiger charge is -2.09. The number of aromatic nitrogens is 2. The molecule has 0 radical (unpaired) electrons. The Morgan fingerprint density at radius 3 is 2.10 bits per heavy atom. The second-order valence-electron chi connectivity index (χ2n) is 7.02. The standard InChI is InChI=1S/C23H25Cl2N3O/c1-3-4-5-6-15-26-23(29)22-27-20(16-7-11-18(24)12-8-16)21(28(22)2)17-9-13-19(25)14-10-17/h7-14H,3-6,15H2,1-2H3,(H,26,29). The van der Waals surface area contributed by atoms with E-state index in [1.807, 2.05) is 60.1 Å². The molecule has 0 aliphatic heterocycles. The summed E-state index contributed by atoms with van der Waals surface area (Å²) in [4.78, 5) is 17.5. The molecule has 0 aliphatic rings. The Hall–Kier alpha value is -2.30. The van der Waals surface area contributed by atoms with Crippen LogP contribution in [0.3, 0.4) is 0 Å². The van der Waals surface area contributed by atoms with Gasteiger partial charge in [0.05, 0.1) is 11.4 Å². The van der Waals surface area contributed by atoms with E-state index in [2.05, 4.69) is 12.2 Å². The molecule has 3 aromatic rings. The third-order valence-corrected chi connectivity index (χ3v) is 5.35. The Kier molecular flexibility index (Phi) is 7.34. The molecule has 1 aromatic heterocycles. The van der Waals surface area contributed by atoms with Gasteiger partial charge in [-0.25, -0.2) is 4.98 Å². The van der Waals surface area contributed by atoms with Gasteiger partial charge in [-0.2, -0.15) is 0 Å². The van der Waals surface area contributed by atoms with Crippen molar-refractivity contribution in [2.24, 2.45) is 7.05 Å². The van der Waals surface area contributed by atoms with E-state index < -0.39 is 0 Å². The molecule has 4 nitrogen and oxygen atoms in total. The van der Waals surface area contributed by atoms with Crippen molar-refractivity contribution >= 4 is 29.1 Å². The van der Waals surface area contributed by atoms with Gasteiger partial charge in [-0.15, -0.1) is 0 Å². The summed E-state index contributed by atoms with van der Waals surface area (Å²) >= 11 is 12.1. The van der Waals surface area contributed by atoms with Crippen LogP contribution in [-0.2, 0) is 7.05 Å². The molecule has 0 fully saturated rings. The summed E-state index contributed by atoms with van der Waals surface area (Å²) < 4.78 is 1.84. The molecule has 0 atom stereocenters. The summed E-state index contributed by atoms with van der Waals surface area (Å²) in [7, 11) is 1.86. The number of benzene rings is 2. The van der Waals surface area contributed by atoms with Gasteiger partial charge in [-0.1, -0.05) is 73.7 Å². The fourth-order valence-corrected chi connectivity index (χ4v) is 3.53. The van der Waals surface area contributed by atoms with E-state index in [1.165, 1.54) is 12.8 Å². The van der Waals surface area contributed by atoms with Crippen LogP contribution < -0.4 is 5.32 Å². The van der Waals surface area contributed by atoms with Crippen LogP contribution in [-0.4, -0.2) is 22.0 Å². The molecule has 0 unspecified atom stereocenters. The van der Waals surface area contributed by atoms with Gasteiger partial charge in [0.1, 0.15) is 0 Å². The first-order valence-corrected chi connectivity index (χ1v) is 10.6. The Bertz CT molecular complexity index is 963. The van der Waals surface area contributed by atoms with Gasteiger partial charge in [0.15, 0.2) is 5.82 Å². The molecule has 0 spiro atoms. The number of amides is 1. The Morgan fingerprint density at radius 2 is 1.52 bits per heavy atom. The summed E-state index contributed by atoms with van der Waals surface area (Å²) in [6, 6.07) is 15.0. The molecule has 29 heavy (non-hydrogen) atoms. The van der Waals surface area contributed by atoms with Gasteiger partial charge in [-0.3, -0.25) is 4.79 Å². The molecule has 0 aliphatic carbocycles. The number of hydrogen-bond acceptors (Lipinski definition) is 2. The topological polar surface area (TPSA) is 46.9 Å². The summed E-state index contributed by atoms with van der Waals surface area (Å²) in [5.41, 5.74) is 3.44. The first-order valence-electron chi connectivity index (χ1n) is 9.88. The molecule has 3 rings (SSSR count). The van der Waals surface area contributed by atoms with E-state index in [0.717, 1.165) is 35.4 Å². The lowest BCUT2D eigenvalue weighted by atomic mass is 10.0. The van der Waals surface area contributed by atoms with E-state index >= 15 is 0 Å². The largest absolute Gasteiger partial charge is 0.349 e. The van der Waals surface area contributed by atoms with Crippen LogP contribution in [0.5, 0.6) is 0 Å². The normalized spacial score (nSPS) is 10.9. The van der Waals surface area contributed by atoms with Crippen LogP contribution in [0.15, 0.2) is 48.5 Å². The lowest BCUT2D eigenvalue weighted by molar-refractivity contribution is 0.0939. The maximum absolute atomic E-state index is 12.8. The number of unbranched alkanes of at least 4 members (excludes halogenated alkanes) is 3. The van der Waals surface area contributed by atoms with Crippen molar-refractivity contribution in [3.05, 3.63) is 64.4 Å². The number of rotatable bonds is 8. The molecule has 6 heteroatoms. The molecule has 2 aromatic carbocycles. The first kappa shape index (κ1) is 21.4. The molecule has 1 N–H and O–H groups in total. The zero-order valence-corrected chi connectivity index (χ0v) is 18.2. The minimum atomic E-state index is -0.167. The van der Waals surface area contributed by atoms with Crippen molar-refractivity contribution in [1.29, 1.82) is 0 Å². The summed E-state index contributed by atoms with van der Waals surface area (Å²) in [6.07, 6.45) is 4.43. The minimum Gasteiger partial charge on any atom is -0.349 e. The highest BCUT2D eigenvalue weighted by atomic mass is 35.5. The third kappa shape index (κ3) is 5.20. The molecular formula is C23H25Cl2N3O. The number of hydrogen-bond donors (Lipinski definition) is 1. The first-order chi connectivity index (χ1) is 14.0. The van der Waals surface area contributed by atoms with E-state index in [-0.39, 0.29) is 5.91 Å². The lowest BCUT2D eigenvalue weighted by Crippen LogP contribution is -2.27. The molecule has 0 saturated carbocycles. The SMILES string of the molecule is CCCCCCNC(=O)c1nc(-c2ccc(Cl)cc2)c(-c2ccc(Cl)cc2)n1C. The van der Waals surface area contributed by atoms with Gasteiger partial charge >= 0.3 is 0 Å². The quantitative estimate of drug-likeness (QED) is 0.422. The average Bonchev–Trinajstić information content (AvgIpc) is 3.06. The maximum Gasteiger partial charge on any atom is 0.287 e. The predicted molar refractivity (Wildman–Crippen MR) is 121 cm³/mol. The molecular weight excluding hydrogens is 405 g/mol.